The third-order valence-electron chi connectivity index (χ3n) is 8.87. The van der Waals surface area contributed by atoms with Crippen molar-refractivity contribution in [1.82, 2.24) is 0 Å². The predicted molar refractivity (Wildman–Crippen MR) is 194 cm³/mol. The summed E-state index contributed by atoms with van der Waals surface area (Å²) in [5, 5.41) is 12.0. The van der Waals surface area contributed by atoms with E-state index >= 15 is 4.57 Å². The van der Waals surface area contributed by atoms with Gasteiger partial charge in [-0.15, -0.1) is 0 Å². The first kappa shape index (κ1) is 27.5. The zero-order chi connectivity index (χ0) is 31.4. The van der Waals surface area contributed by atoms with Crippen LogP contribution >= 0.6 is 7.82 Å². The lowest BCUT2D eigenvalue weighted by molar-refractivity contribution is 0.302. The molecule has 0 N–H and O–H groups in total. The molecule has 0 aromatic heterocycles. The highest BCUT2D eigenvalue weighted by molar-refractivity contribution is 7.49. The molecule has 0 saturated heterocycles. The van der Waals surface area contributed by atoms with Gasteiger partial charge in [-0.2, -0.15) is 4.57 Å². The summed E-state index contributed by atoms with van der Waals surface area (Å²) in [5.74, 6) is 1.23. The van der Waals surface area contributed by atoms with Crippen LogP contribution in [0.15, 0.2) is 164 Å². The number of benzene rings is 9. The third-order valence-corrected chi connectivity index (χ3v) is 10.1. The Morgan fingerprint density at radius 2 is 0.574 bits per heavy atom. The number of hydrogen-bond donors (Lipinski definition) is 0. The molecule has 0 saturated carbocycles. The van der Waals surface area contributed by atoms with Gasteiger partial charge >= 0.3 is 7.82 Å². The lowest BCUT2D eigenvalue weighted by atomic mass is 10.0. The van der Waals surface area contributed by atoms with Gasteiger partial charge in [0.1, 0.15) is 17.2 Å². The fraction of sp³-hybridized carbons (Fsp3) is 0. The normalized spacial score (nSPS) is 11.9. The van der Waals surface area contributed by atoms with Crippen molar-refractivity contribution in [3.05, 3.63) is 164 Å². The van der Waals surface area contributed by atoms with E-state index in [1.54, 1.807) is 0 Å². The molecule has 0 unspecified atom stereocenters. The molecule has 224 valence electrons. The molecule has 4 nitrogen and oxygen atoms in total. The third kappa shape index (κ3) is 4.74. The van der Waals surface area contributed by atoms with Crippen molar-refractivity contribution in [3.63, 3.8) is 0 Å². The lowest BCUT2D eigenvalue weighted by Crippen LogP contribution is -2.08. The van der Waals surface area contributed by atoms with Gasteiger partial charge in [-0.3, -0.25) is 0 Å². The summed E-state index contributed by atoms with van der Waals surface area (Å²) < 4.78 is 34.5. The standard InChI is InChI=1S/C42H27O4P/c43-47(44-40-19-7-16-34-31-13-4-1-10-28(31)22-25-37(34)40,45-41-20-8-17-35-32-14-5-2-11-29(32)23-26-38(35)41)46-42-21-9-18-36-33-15-6-3-12-30(33)24-27-39(36)42/h1-27H. The molecule has 0 radical (unpaired) electrons. The first-order valence-corrected chi connectivity index (χ1v) is 17.0. The van der Waals surface area contributed by atoms with Gasteiger partial charge in [-0.25, -0.2) is 0 Å². The Hall–Kier alpha value is -5.83. The minimum absolute atomic E-state index is 0.410. The number of phosphoric acid groups is 1. The van der Waals surface area contributed by atoms with Crippen LogP contribution in [-0.4, -0.2) is 0 Å². The smallest absolute Gasteiger partial charge is 0.385 e. The van der Waals surface area contributed by atoms with Crippen LogP contribution in [0.25, 0.3) is 64.6 Å². The molecule has 0 spiro atoms. The molecule has 0 bridgehead atoms. The maximum absolute atomic E-state index is 15.2. The Morgan fingerprint density at radius 1 is 0.277 bits per heavy atom. The first-order chi connectivity index (χ1) is 23.1. The van der Waals surface area contributed by atoms with Crippen molar-refractivity contribution < 1.29 is 18.1 Å². The zero-order valence-electron chi connectivity index (χ0n) is 25.2. The van der Waals surface area contributed by atoms with E-state index in [1.807, 2.05) is 127 Å². The van der Waals surface area contributed by atoms with Crippen molar-refractivity contribution >= 4 is 72.5 Å². The molecule has 0 aliphatic rings. The van der Waals surface area contributed by atoms with E-state index in [-0.39, 0.29) is 0 Å². The number of hydrogen-bond acceptors (Lipinski definition) is 4. The number of phosphoric ester groups is 1. The van der Waals surface area contributed by atoms with E-state index in [9.17, 15) is 0 Å². The second kappa shape index (κ2) is 10.9. The number of rotatable bonds is 6. The summed E-state index contributed by atoms with van der Waals surface area (Å²) in [6.07, 6.45) is 0. The van der Waals surface area contributed by atoms with Crippen LogP contribution in [0.1, 0.15) is 0 Å². The molecule has 0 fully saturated rings. The Bertz CT molecular complexity index is 2420. The minimum atomic E-state index is -4.38. The maximum Gasteiger partial charge on any atom is 0.647 e. The molecule has 47 heavy (non-hydrogen) atoms. The van der Waals surface area contributed by atoms with Crippen molar-refractivity contribution in [3.8, 4) is 17.2 Å². The van der Waals surface area contributed by atoms with E-state index in [1.165, 1.54) is 0 Å². The second-order valence-corrected chi connectivity index (χ2v) is 13.1. The summed E-state index contributed by atoms with van der Waals surface area (Å²) in [7, 11) is -4.38. The van der Waals surface area contributed by atoms with E-state index in [0.29, 0.717) is 17.2 Å². The fourth-order valence-corrected chi connectivity index (χ4v) is 8.00. The van der Waals surface area contributed by atoms with Gasteiger partial charge in [0.25, 0.3) is 0 Å². The fourth-order valence-electron chi connectivity index (χ4n) is 6.69. The topological polar surface area (TPSA) is 44.8 Å². The van der Waals surface area contributed by atoms with Crippen molar-refractivity contribution in [2.75, 3.05) is 0 Å². The molecule has 9 aromatic rings. The van der Waals surface area contributed by atoms with Gasteiger partial charge in [0.15, 0.2) is 0 Å². The molecule has 0 aliphatic heterocycles. The predicted octanol–water partition coefficient (Wildman–Crippen LogP) is 12.3. The Labute approximate surface area is 271 Å². The quantitative estimate of drug-likeness (QED) is 0.136. The maximum atomic E-state index is 15.2. The van der Waals surface area contributed by atoms with Crippen LogP contribution < -0.4 is 13.6 Å². The lowest BCUT2D eigenvalue weighted by Gasteiger charge is -2.22. The highest BCUT2D eigenvalue weighted by Crippen LogP contribution is 2.53. The molecular weight excluding hydrogens is 599 g/mol. The Morgan fingerprint density at radius 3 is 0.915 bits per heavy atom. The molecular formula is C42H27O4P. The van der Waals surface area contributed by atoms with Crippen LogP contribution in [-0.2, 0) is 4.57 Å². The highest BCUT2D eigenvalue weighted by atomic mass is 31.2. The minimum Gasteiger partial charge on any atom is -0.385 e. The van der Waals surface area contributed by atoms with Gasteiger partial charge in [-0.05, 0) is 84.9 Å². The van der Waals surface area contributed by atoms with Crippen LogP contribution in [0.2, 0.25) is 0 Å². The van der Waals surface area contributed by atoms with E-state index in [4.69, 9.17) is 13.6 Å². The van der Waals surface area contributed by atoms with Crippen LogP contribution in [0, 0.1) is 0 Å². The largest absolute Gasteiger partial charge is 0.647 e. The second-order valence-electron chi connectivity index (χ2n) is 11.6. The average Bonchev–Trinajstić information content (AvgIpc) is 3.11. The molecule has 9 rings (SSSR count). The van der Waals surface area contributed by atoms with Gasteiger partial charge in [0, 0.05) is 16.2 Å². The molecule has 0 aliphatic carbocycles. The van der Waals surface area contributed by atoms with E-state index in [0.717, 1.165) is 64.6 Å². The molecule has 0 heterocycles. The SMILES string of the molecule is O=P(Oc1cccc2c1ccc1ccccc12)(Oc1cccc2c1ccc1ccccc12)Oc1cccc2c1ccc1ccccc12. The van der Waals surface area contributed by atoms with Gasteiger partial charge in [0.05, 0.1) is 0 Å². The van der Waals surface area contributed by atoms with Crippen LogP contribution in [0.3, 0.4) is 0 Å². The van der Waals surface area contributed by atoms with Crippen molar-refractivity contribution in [2.24, 2.45) is 0 Å². The van der Waals surface area contributed by atoms with Gasteiger partial charge in [-0.1, -0.05) is 127 Å². The van der Waals surface area contributed by atoms with Crippen LogP contribution in [0.4, 0.5) is 0 Å². The van der Waals surface area contributed by atoms with Gasteiger partial charge in [0.2, 0.25) is 0 Å². The number of fused-ring (bicyclic) bond motifs is 9. The monoisotopic (exact) mass is 626 g/mol. The Balaban J connectivity index is 1.22. The molecule has 9 aromatic carbocycles. The zero-order valence-corrected chi connectivity index (χ0v) is 26.1. The van der Waals surface area contributed by atoms with Crippen LogP contribution in [0.5, 0.6) is 17.2 Å². The average molecular weight is 627 g/mol. The van der Waals surface area contributed by atoms with E-state index in [2.05, 4.69) is 36.4 Å². The Kier molecular flexibility index (Phi) is 6.38. The summed E-state index contributed by atoms with van der Waals surface area (Å²) in [4.78, 5) is 0. The summed E-state index contributed by atoms with van der Waals surface area (Å²) >= 11 is 0. The molecule has 0 atom stereocenters. The van der Waals surface area contributed by atoms with Crippen molar-refractivity contribution in [2.45, 2.75) is 0 Å². The highest BCUT2D eigenvalue weighted by Gasteiger charge is 2.35. The van der Waals surface area contributed by atoms with Crippen molar-refractivity contribution in [1.29, 1.82) is 0 Å². The van der Waals surface area contributed by atoms with E-state index < -0.39 is 7.82 Å². The molecule has 5 heteroatoms. The summed E-state index contributed by atoms with van der Waals surface area (Å²) in [5.41, 5.74) is 0. The van der Waals surface area contributed by atoms with Gasteiger partial charge < -0.3 is 13.6 Å². The summed E-state index contributed by atoms with van der Waals surface area (Å²) in [6.45, 7) is 0. The molecule has 0 amide bonds. The first-order valence-electron chi connectivity index (χ1n) is 15.5. The summed E-state index contributed by atoms with van der Waals surface area (Å²) in [6, 6.07) is 54.0.